The first-order valence-electron chi connectivity index (χ1n) is 10.5. The molecule has 1 aromatic rings. The second-order valence-corrected chi connectivity index (χ2v) is 8.42. The Labute approximate surface area is 187 Å². The number of benzene rings is 1. The molecule has 2 atom stereocenters. The maximum absolute atomic E-state index is 12.6. The summed E-state index contributed by atoms with van der Waals surface area (Å²) in [4.78, 5) is 47.4. The van der Waals surface area contributed by atoms with Crippen molar-refractivity contribution < 1.29 is 34.5 Å². The standard InChI is InChI=1S/C20H27N3O3.2CH2O2/c1-21-11-17-12-23(14-20(17,13-21)19(25)26)18(24)7-4-8-22-9-15-5-2-3-6-16(15)10-22;2*2-1-3/h2-3,5-6,17H,4,7-14H2,1H3,(H,25,26);2*1H,(H,2,3)/t17-,20-;;/m0../s1. The topological polar surface area (TPSA) is 139 Å². The molecule has 2 fully saturated rings. The van der Waals surface area contributed by atoms with E-state index in [0.717, 1.165) is 32.6 Å². The Kier molecular flexibility index (Phi) is 9.15. The number of aliphatic carboxylic acids is 1. The largest absolute Gasteiger partial charge is 0.483 e. The van der Waals surface area contributed by atoms with E-state index in [0.29, 0.717) is 26.1 Å². The highest BCUT2D eigenvalue weighted by Gasteiger charge is 2.57. The number of amides is 1. The number of fused-ring (bicyclic) bond motifs is 2. The Hall–Kier alpha value is -2.98. The maximum atomic E-state index is 12.6. The van der Waals surface area contributed by atoms with E-state index >= 15 is 0 Å². The molecule has 176 valence electrons. The fraction of sp³-hybridized carbons (Fsp3) is 0.545. The van der Waals surface area contributed by atoms with Crippen LogP contribution in [0.15, 0.2) is 24.3 Å². The molecule has 3 N–H and O–H groups in total. The predicted octanol–water partition coefficient (Wildman–Crippen LogP) is 0.659. The molecule has 10 nitrogen and oxygen atoms in total. The van der Waals surface area contributed by atoms with Crippen molar-refractivity contribution in [3.8, 4) is 0 Å². The van der Waals surface area contributed by atoms with E-state index in [9.17, 15) is 14.7 Å². The van der Waals surface area contributed by atoms with Crippen molar-refractivity contribution in [1.82, 2.24) is 14.7 Å². The average Bonchev–Trinajstić information content (AvgIpc) is 3.39. The first-order valence-corrected chi connectivity index (χ1v) is 10.5. The van der Waals surface area contributed by atoms with Gasteiger partial charge in [0.05, 0.1) is 0 Å². The zero-order chi connectivity index (χ0) is 23.7. The first kappa shape index (κ1) is 25.3. The number of carbonyl (C=O) groups excluding carboxylic acids is 1. The Morgan fingerprint density at radius 1 is 1.06 bits per heavy atom. The average molecular weight is 450 g/mol. The Bertz CT molecular complexity index is 787. The minimum Gasteiger partial charge on any atom is -0.483 e. The van der Waals surface area contributed by atoms with Crippen LogP contribution in [0, 0.1) is 11.3 Å². The van der Waals surface area contributed by atoms with Crippen molar-refractivity contribution in [2.24, 2.45) is 11.3 Å². The summed E-state index contributed by atoms with van der Waals surface area (Å²) in [6.07, 6.45) is 1.33. The number of carboxylic acids is 1. The van der Waals surface area contributed by atoms with Crippen LogP contribution in [-0.4, -0.2) is 94.6 Å². The lowest BCUT2D eigenvalue weighted by Gasteiger charge is -2.24. The third-order valence-electron chi connectivity index (χ3n) is 6.33. The summed E-state index contributed by atoms with van der Waals surface area (Å²) in [5.41, 5.74) is 2.01. The van der Waals surface area contributed by atoms with Gasteiger partial charge in [0.25, 0.3) is 12.9 Å². The van der Waals surface area contributed by atoms with Gasteiger partial charge in [-0.05, 0) is 31.1 Å². The quantitative estimate of drug-likeness (QED) is 0.553. The monoisotopic (exact) mass is 449 g/mol. The van der Waals surface area contributed by atoms with E-state index in [4.69, 9.17) is 19.8 Å². The Morgan fingerprint density at radius 3 is 2.12 bits per heavy atom. The van der Waals surface area contributed by atoms with Crippen LogP contribution < -0.4 is 0 Å². The fourth-order valence-corrected chi connectivity index (χ4v) is 4.98. The van der Waals surface area contributed by atoms with Crippen molar-refractivity contribution in [2.75, 3.05) is 39.8 Å². The van der Waals surface area contributed by atoms with Gasteiger partial charge in [0.15, 0.2) is 0 Å². The highest BCUT2D eigenvalue weighted by molar-refractivity contribution is 5.81. The van der Waals surface area contributed by atoms with E-state index < -0.39 is 11.4 Å². The van der Waals surface area contributed by atoms with Gasteiger partial charge >= 0.3 is 5.97 Å². The summed E-state index contributed by atoms with van der Waals surface area (Å²) in [6.45, 7) is 4.60. The van der Waals surface area contributed by atoms with Gasteiger partial charge < -0.3 is 25.1 Å². The Balaban J connectivity index is 0.000000547. The molecule has 0 spiro atoms. The zero-order valence-corrected chi connectivity index (χ0v) is 18.2. The van der Waals surface area contributed by atoms with Gasteiger partial charge in [-0.3, -0.25) is 24.1 Å². The molecule has 3 heterocycles. The second kappa shape index (κ2) is 11.6. The predicted molar refractivity (Wildman–Crippen MR) is 115 cm³/mol. The van der Waals surface area contributed by atoms with Crippen LogP contribution in [0.25, 0.3) is 0 Å². The van der Waals surface area contributed by atoms with Crippen LogP contribution in [-0.2, 0) is 32.3 Å². The van der Waals surface area contributed by atoms with Gasteiger partial charge in [0.1, 0.15) is 5.41 Å². The maximum Gasteiger partial charge on any atom is 0.313 e. The van der Waals surface area contributed by atoms with Gasteiger partial charge in [-0.2, -0.15) is 0 Å². The van der Waals surface area contributed by atoms with Crippen LogP contribution in [0.2, 0.25) is 0 Å². The molecule has 10 heteroatoms. The molecule has 3 aliphatic rings. The van der Waals surface area contributed by atoms with E-state index in [-0.39, 0.29) is 24.8 Å². The molecule has 0 saturated carbocycles. The molecule has 32 heavy (non-hydrogen) atoms. The molecule has 0 radical (unpaired) electrons. The summed E-state index contributed by atoms with van der Waals surface area (Å²) < 4.78 is 0. The van der Waals surface area contributed by atoms with Crippen molar-refractivity contribution in [3.05, 3.63) is 35.4 Å². The molecule has 2 saturated heterocycles. The number of hydrogen-bond donors (Lipinski definition) is 3. The minimum absolute atomic E-state index is 0.0574. The highest BCUT2D eigenvalue weighted by Crippen LogP contribution is 2.42. The van der Waals surface area contributed by atoms with Gasteiger partial charge in [0.2, 0.25) is 5.91 Å². The molecule has 0 aromatic heterocycles. The van der Waals surface area contributed by atoms with E-state index in [1.807, 2.05) is 7.05 Å². The summed E-state index contributed by atoms with van der Waals surface area (Å²) in [5.74, 6) is -0.585. The smallest absolute Gasteiger partial charge is 0.313 e. The van der Waals surface area contributed by atoms with Gasteiger partial charge in [0, 0.05) is 51.6 Å². The van der Waals surface area contributed by atoms with Crippen molar-refractivity contribution in [3.63, 3.8) is 0 Å². The molecular formula is C22H31N3O7. The molecule has 0 bridgehead atoms. The number of carbonyl (C=O) groups is 4. The lowest BCUT2D eigenvalue weighted by molar-refractivity contribution is -0.149. The van der Waals surface area contributed by atoms with Crippen LogP contribution in [0.4, 0.5) is 0 Å². The third-order valence-corrected chi connectivity index (χ3v) is 6.33. The van der Waals surface area contributed by atoms with Gasteiger partial charge in [-0.1, -0.05) is 24.3 Å². The van der Waals surface area contributed by atoms with Crippen LogP contribution in [0.5, 0.6) is 0 Å². The summed E-state index contributed by atoms with van der Waals surface area (Å²) in [5, 5.41) is 23.5. The molecule has 1 aromatic carbocycles. The number of rotatable bonds is 5. The van der Waals surface area contributed by atoms with Crippen LogP contribution in [0.3, 0.4) is 0 Å². The lowest BCUT2D eigenvalue weighted by atomic mass is 9.81. The van der Waals surface area contributed by atoms with Crippen molar-refractivity contribution >= 4 is 24.8 Å². The summed E-state index contributed by atoms with van der Waals surface area (Å²) >= 11 is 0. The molecular weight excluding hydrogens is 418 g/mol. The van der Waals surface area contributed by atoms with Gasteiger partial charge in [-0.15, -0.1) is 0 Å². The zero-order valence-electron chi connectivity index (χ0n) is 18.2. The van der Waals surface area contributed by atoms with Crippen LogP contribution in [0.1, 0.15) is 24.0 Å². The lowest BCUT2D eigenvalue weighted by Crippen LogP contribution is -2.41. The molecule has 0 unspecified atom stereocenters. The first-order chi connectivity index (χ1) is 15.3. The second-order valence-electron chi connectivity index (χ2n) is 8.42. The highest BCUT2D eigenvalue weighted by atomic mass is 16.4. The summed E-state index contributed by atoms with van der Waals surface area (Å²) in [7, 11) is 1.96. The molecule has 1 amide bonds. The van der Waals surface area contributed by atoms with Crippen LogP contribution >= 0.6 is 0 Å². The Morgan fingerprint density at radius 2 is 1.62 bits per heavy atom. The van der Waals surface area contributed by atoms with E-state index in [2.05, 4.69) is 34.1 Å². The normalized spacial score (nSPS) is 23.8. The summed E-state index contributed by atoms with van der Waals surface area (Å²) in [6, 6.07) is 8.50. The fourth-order valence-electron chi connectivity index (χ4n) is 4.98. The van der Waals surface area contributed by atoms with E-state index in [1.54, 1.807) is 4.90 Å². The molecule has 4 rings (SSSR count). The molecule has 3 aliphatic heterocycles. The number of nitrogens with zero attached hydrogens (tertiary/aromatic N) is 3. The number of likely N-dealkylation sites (tertiary alicyclic amines) is 2. The number of carboxylic acid groups (broad SMARTS) is 3. The van der Waals surface area contributed by atoms with Crippen molar-refractivity contribution in [1.29, 1.82) is 0 Å². The molecule has 0 aliphatic carbocycles. The SMILES string of the molecule is CN1C[C@H]2CN(C(=O)CCCN3Cc4ccccc4C3)C[C@@]2(C(=O)O)C1.O=CO.O=CO. The van der Waals surface area contributed by atoms with Gasteiger partial charge in [-0.25, -0.2) is 0 Å². The van der Waals surface area contributed by atoms with E-state index in [1.165, 1.54) is 11.1 Å². The van der Waals surface area contributed by atoms with Crippen molar-refractivity contribution in [2.45, 2.75) is 25.9 Å². The number of hydrogen-bond acceptors (Lipinski definition) is 6. The minimum atomic E-state index is -0.763. The third kappa shape index (κ3) is 5.83.